The third kappa shape index (κ3) is 2.13. The maximum Gasteiger partial charge on any atom is 0.388 e. The van der Waals surface area contributed by atoms with Crippen LogP contribution < -0.4 is 4.74 Å². The van der Waals surface area contributed by atoms with Crippen LogP contribution in [-0.2, 0) is 6.42 Å². The van der Waals surface area contributed by atoms with Crippen molar-refractivity contribution in [1.29, 1.82) is 0 Å². The van der Waals surface area contributed by atoms with Crippen molar-refractivity contribution in [3.8, 4) is 5.88 Å². The molecular weight excluding hydrogens is 288 g/mol. The fourth-order valence-electron chi connectivity index (χ4n) is 2.71. The molecule has 0 saturated carbocycles. The van der Waals surface area contributed by atoms with E-state index in [1.54, 1.807) is 16.8 Å². The number of halogens is 2. The quantitative estimate of drug-likeness (QED) is 0.742. The molecule has 0 N–H and O–H groups in total. The van der Waals surface area contributed by atoms with Crippen LogP contribution in [0.4, 0.5) is 8.78 Å². The number of aromatic nitrogens is 3. The van der Waals surface area contributed by atoms with E-state index in [4.69, 9.17) is 0 Å². The van der Waals surface area contributed by atoms with Gasteiger partial charge in [-0.15, -0.1) is 0 Å². The van der Waals surface area contributed by atoms with Gasteiger partial charge in [0.25, 0.3) is 0 Å². The first-order valence-electron chi connectivity index (χ1n) is 6.80. The zero-order valence-electron chi connectivity index (χ0n) is 11.4. The summed E-state index contributed by atoms with van der Waals surface area (Å²) in [4.78, 5) is 4.15. The van der Waals surface area contributed by atoms with Crippen LogP contribution in [0.5, 0.6) is 5.88 Å². The summed E-state index contributed by atoms with van der Waals surface area (Å²) in [5.74, 6) is -0.0466. The molecule has 3 heterocycles. The first-order valence-corrected chi connectivity index (χ1v) is 6.80. The zero-order valence-corrected chi connectivity index (χ0v) is 11.4. The predicted molar refractivity (Wildman–Crippen MR) is 79.0 cm³/mol. The van der Waals surface area contributed by atoms with Gasteiger partial charge in [-0.2, -0.15) is 13.9 Å². The van der Waals surface area contributed by atoms with Gasteiger partial charge in [-0.25, -0.2) is 9.50 Å². The molecule has 0 amide bonds. The summed E-state index contributed by atoms with van der Waals surface area (Å²) in [5.41, 5.74) is 4.80. The Morgan fingerprint density at radius 1 is 1.23 bits per heavy atom. The number of hydrogen-bond donors (Lipinski definition) is 0. The van der Waals surface area contributed by atoms with E-state index in [0.29, 0.717) is 6.42 Å². The normalized spacial score (nSPS) is 13.5. The molecule has 112 valence electrons. The van der Waals surface area contributed by atoms with E-state index >= 15 is 0 Å². The number of ether oxygens (including phenoxy) is 1. The molecular formula is C16H13F2N3O. The molecule has 0 radical (unpaired) electrons. The van der Waals surface area contributed by atoms with E-state index in [1.165, 1.54) is 6.07 Å². The van der Waals surface area contributed by atoms with Gasteiger partial charge in [0.05, 0.1) is 11.2 Å². The minimum atomic E-state index is -2.86. The lowest BCUT2D eigenvalue weighted by Gasteiger charge is -2.08. The molecule has 4 rings (SSSR count). The minimum Gasteiger partial charge on any atom is -0.417 e. The fraction of sp³-hybridized carbons (Fsp3) is 0.125. The lowest BCUT2D eigenvalue weighted by molar-refractivity contribution is -0.0529. The summed E-state index contributed by atoms with van der Waals surface area (Å²) in [6.07, 6.45) is 6.29. The van der Waals surface area contributed by atoms with Crippen LogP contribution in [0.15, 0.2) is 48.8 Å². The summed E-state index contributed by atoms with van der Waals surface area (Å²) < 4.78 is 30.6. The number of nitrogens with zero attached hydrogens (tertiary/aromatic N) is 3. The molecule has 0 bridgehead atoms. The molecule has 0 fully saturated rings. The van der Waals surface area contributed by atoms with Gasteiger partial charge in [0.2, 0.25) is 5.88 Å². The summed E-state index contributed by atoms with van der Waals surface area (Å²) in [6, 6.07) is 9.20. The van der Waals surface area contributed by atoms with Crippen molar-refractivity contribution in [2.24, 2.45) is 0 Å². The van der Waals surface area contributed by atoms with Crippen LogP contribution >= 0.6 is 0 Å². The summed E-state index contributed by atoms with van der Waals surface area (Å²) in [6.45, 7) is -2.86. The third-order valence-corrected chi connectivity index (χ3v) is 3.66. The summed E-state index contributed by atoms with van der Waals surface area (Å²) in [7, 11) is 0. The standard InChI is InChI=1S/C16H11F2N3O.H2/c17-16(18)22-15-4-2-13-12(1-3-14(13)20-15)10-6-8-21-11(9-10)5-7-19-21;/h1-2,4-9,16H,3H2;1H. The van der Waals surface area contributed by atoms with E-state index in [2.05, 4.69) is 14.8 Å². The Hall–Kier alpha value is -2.76. The average molecular weight is 301 g/mol. The number of rotatable bonds is 3. The molecule has 6 heteroatoms. The summed E-state index contributed by atoms with van der Waals surface area (Å²) >= 11 is 0. The summed E-state index contributed by atoms with van der Waals surface area (Å²) in [5, 5.41) is 4.17. The average Bonchev–Trinajstić information content (AvgIpc) is 3.11. The van der Waals surface area contributed by atoms with Gasteiger partial charge >= 0.3 is 6.61 Å². The van der Waals surface area contributed by atoms with E-state index in [-0.39, 0.29) is 7.31 Å². The molecule has 3 aromatic heterocycles. The number of pyridine rings is 2. The molecule has 22 heavy (non-hydrogen) atoms. The van der Waals surface area contributed by atoms with E-state index in [1.807, 2.05) is 30.5 Å². The molecule has 0 spiro atoms. The topological polar surface area (TPSA) is 39.4 Å². The Morgan fingerprint density at radius 3 is 3.00 bits per heavy atom. The van der Waals surface area contributed by atoms with Crippen molar-refractivity contribution in [2.45, 2.75) is 13.0 Å². The van der Waals surface area contributed by atoms with Gasteiger partial charge in [0, 0.05) is 31.9 Å². The number of fused-ring (bicyclic) bond motifs is 2. The highest BCUT2D eigenvalue weighted by atomic mass is 19.3. The largest absolute Gasteiger partial charge is 0.417 e. The molecule has 0 unspecified atom stereocenters. The highest BCUT2D eigenvalue weighted by Gasteiger charge is 2.19. The van der Waals surface area contributed by atoms with E-state index < -0.39 is 6.61 Å². The lowest BCUT2D eigenvalue weighted by atomic mass is 10.0. The first-order chi connectivity index (χ1) is 10.7. The Labute approximate surface area is 126 Å². The van der Waals surface area contributed by atoms with E-state index in [9.17, 15) is 8.78 Å². The lowest BCUT2D eigenvalue weighted by Crippen LogP contribution is -2.04. The zero-order chi connectivity index (χ0) is 15.1. The molecule has 0 saturated heterocycles. The van der Waals surface area contributed by atoms with Crippen LogP contribution in [0.1, 0.15) is 18.2 Å². The Balaban J connectivity index is 0.00000156. The van der Waals surface area contributed by atoms with Crippen molar-refractivity contribution >= 4 is 11.1 Å². The van der Waals surface area contributed by atoms with Gasteiger partial charge in [-0.05, 0) is 35.4 Å². The van der Waals surface area contributed by atoms with Crippen LogP contribution in [0.25, 0.3) is 11.1 Å². The maximum absolute atomic E-state index is 12.2. The van der Waals surface area contributed by atoms with Gasteiger partial charge in [-0.3, -0.25) is 0 Å². The second-order valence-electron chi connectivity index (χ2n) is 4.96. The monoisotopic (exact) mass is 301 g/mol. The highest BCUT2D eigenvalue weighted by Crippen LogP contribution is 2.33. The fourth-order valence-corrected chi connectivity index (χ4v) is 2.71. The number of allylic oxidation sites excluding steroid dienone is 1. The third-order valence-electron chi connectivity index (χ3n) is 3.66. The minimum absolute atomic E-state index is 0. The molecule has 0 aliphatic heterocycles. The van der Waals surface area contributed by atoms with Crippen LogP contribution in [0.2, 0.25) is 0 Å². The van der Waals surface area contributed by atoms with Crippen molar-refractivity contribution in [3.63, 3.8) is 0 Å². The number of alkyl halides is 2. The first kappa shape index (κ1) is 12.9. The van der Waals surface area contributed by atoms with Crippen molar-refractivity contribution in [3.05, 3.63) is 65.6 Å². The van der Waals surface area contributed by atoms with Crippen LogP contribution in [-0.4, -0.2) is 21.2 Å². The smallest absolute Gasteiger partial charge is 0.388 e. The number of hydrogen-bond acceptors (Lipinski definition) is 3. The maximum atomic E-state index is 12.2. The van der Waals surface area contributed by atoms with Crippen molar-refractivity contribution in [1.82, 2.24) is 14.6 Å². The Bertz CT molecular complexity index is 892. The van der Waals surface area contributed by atoms with Gasteiger partial charge in [-0.1, -0.05) is 6.08 Å². The van der Waals surface area contributed by atoms with Crippen LogP contribution in [0.3, 0.4) is 0 Å². The molecule has 0 aromatic carbocycles. The SMILES string of the molecule is FC(F)Oc1ccc2c(n1)CC=C2c1ccn2nccc2c1.[HH]. The van der Waals surface area contributed by atoms with Crippen molar-refractivity contribution < 1.29 is 14.9 Å². The Morgan fingerprint density at radius 2 is 2.14 bits per heavy atom. The second kappa shape index (κ2) is 4.91. The second-order valence-corrected chi connectivity index (χ2v) is 4.96. The van der Waals surface area contributed by atoms with Gasteiger partial charge in [0.15, 0.2) is 0 Å². The van der Waals surface area contributed by atoms with Crippen LogP contribution in [0, 0.1) is 0 Å². The van der Waals surface area contributed by atoms with Crippen molar-refractivity contribution in [2.75, 3.05) is 0 Å². The van der Waals surface area contributed by atoms with Gasteiger partial charge < -0.3 is 4.74 Å². The predicted octanol–water partition coefficient (Wildman–Crippen LogP) is 3.56. The molecule has 0 atom stereocenters. The molecule has 3 aromatic rings. The highest BCUT2D eigenvalue weighted by molar-refractivity contribution is 5.85. The molecule has 1 aliphatic carbocycles. The van der Waals surface area contributed by atoms with E-state index in [0.717, 1.165) is 27.9 Å². The molecule has 4 nitrogen and oxygen atoms in total. The van der Waals surface area contributed by atoms with Gasteiger partial charge in [0.1, 0.15) is 0 Å². The Kier molecular flexibility index (Phi) is 2.89. The molecule has 1 aliphatic rings.